The average Bonchev–Trinajstić information content (AvgIpc) is 2.71. The highest BCUT2D eigenvalue weighted by molar-refractivity contribution is 7.06. The summed E-state index contributed by atoms with van der Waals surface area (Å²) in [5.41, 5.74) is 2.28. The topological polar surface area (TPSA) is 51.2 Å². The highest BCUT2D eigenvalue weighted by Gasteiger charge is 2.16. The number of nitrogens with zero attached hydrogens (tertiary/aromatic N) is 1. The smallest absolute Gasteiger partial charge is 0.412 e. The van der Waals surface area contributed by atoms with Gasteiger partial charge in [0.1, 0.15) is 6.10 Å². The summed E-state index contributed by atoms with van der Waals surface area (Å²) in [6, 6.07) is 7.30. The summed E-state index contributed by atoms with van der Waals surface area (Å²) in [4.78, 5) is 12.9. The van der Waals surface area contributed by atoms with E-state index in [1.54, 1.807) is 13.0 Å². The Kier molecular flexibility index (Phi) is 4.62. The number of ether oxygens (including phenoxy) is 1. The predicted octanol–water partition coefficient (Wildman–Crippen LogP) is 4.72. The third-order valence-corrected chi connectivity index (χ3v) is 4.07. The first-order chi connectivity index (χ1) is 9.49. The van der Waals surface area contributed by atoms with Gasteiger partial charge in [-0.05, 0) is 38.4 Å². The molecule has 1 atom stereocenters. The maximum atomic E-state index is 11.9. The molecule has 0 bridgehead atoms. The molecule has 1 unspecified atom stereocenters. The highest BCUT2D eigenvalue weighted by atomic mass is 35.5. The number of aromatic nitrogens is 1. The van der Waals surface area contributed by atoms with E-state index in [1.807, 2.05) is 32.0 Å². The fourth-order valence-electron chi connectivity index (χ4n) is 1.82. The van der Waals surface area contributed by atoms with Crippen molar-refractivity contribution in [3.63, 3.8) is 0 Å². The molecule has 1 heterocycles. The number of benzene rings is 1. The fraction of sp³-hybridized carbons (Fsp3) is 0.286. The molecule has 6 heteroatoms. The second kappa shape index (κ2) is 6.24. The predicted molar refractivity (Wildman–Crippen MR) is 81.6 cm³/mol. The van der Waals surface area contributed by atoms with Crippen LogP contribution in [0.5, 0.6) is 0 Å². The van der Waals surface area contributed by atoms with Gasteiger partial charge in [-0.15, -0.1) is 0 Å². The summed E-state index contributed by atoms with van der Waals surface area (Å²) in [7, 11) is 0. The molecule has 0 spiro atoms. The summed E-state index contributed by atoms with van der Waals surface area (Å²) in [5.74, 6) is 0. The van der Waals surface area contributed by atoms with Crippen LogP contribution in [0.15, 0.2) is 24.3 Å². The van der Waals surface area contributed by atoms with Gasteiger partial charge in [0.25, 0.3) is 0 Å². The minimum Gasteiger partial charge on any atom is -0.441 e. The van der Waals surface area contributed by atoms with Crippen LogP contribution in [-0.4, -0.2) is 10.5 Å². The van der Waals surface area contributed by atoms with Crippen molar-refractivity contribution in [2.24, 2.45) is 0 Å². The molecule has 4 nitrogen and oxygen atoms in total. The monoisotopic (exact) mass is 310 g/mol. The number of hydrogen-bond acceptors (Lipinski definition) is 4. The van der Waals surface area contributed by atoms with Crippen molar-refractivity contribution >= 4 is 34.9 Å². The third kappa shape index (κ3) is 3.29. The lowest BCUT2D eigenvalue weighted by molar-refractivity contribution is 0.121. The molecular weight excluding hydrogens is 296 g/mol. The first-order valence-electron chi connectivity index (χ1n) is 6.14. The molecule has 0 aliphatic rings. The quantitative estimate of drug-likeness (QED) is 0.892. The molecule has 106 valence electrons. The van der Waals surface area contributed by atoms with Gasteiger partial charge in [0.2, 0.25) is 0 Å². The van der Waals surface area contributed by atoms with Gasteiger partial charge in [0.05, 0.1) is 11.4 Å². The normalized spacial score (nSPS) is 12.0. The zero-order chi connectivity index (χ0) is 14.7. The second-order valence-corrected chi connectivity index (χ2v) is 5.78. The maximum absolute atomic E-state index is 11.9. The summed E-state index contributed by atoms with van der Waals surface area (Å²) in [5, 5.41) is 3.30. The van der Waals surface area contributed by atoms with E-state index in [-0.39, 0.29) is 0 Å². The number of amides is 1. The van der Waals surface area contributed by atoms with Crippen molar-refractivity contribution in [2.45, 2.75) is 26.9 Å². The number of nitrogens with one attached hydrogen (secondary N) is 1. The van der Waals surface area contributed by atoms with Gasteiger partial charge in [-0.25, -0.2) is 4.79 Å². The lowest BCUT2D eigenvalue weighted by Crippen LogP contribution is -2.16. The van der Waals surface area contributed by atoms with Gasteiger partial charge in [0.15, 0.2) is 0 Å². The molecule has 1 aromatic carbocycles. The Morgan fingerprint density at radius 1 is 1.40 bits per heavy atom. The van der Waals surface area contributed by atoms with E-state index in [1.165, 1.54) is 11.5 Å². The van der Waals surface area contributed by atoms with Gasteiger partial charge in [0, 0.05) is 15.5 Å². The number of carbonyl (C=O) groups is 1. The minimum absolute atomic E-state index is 0.420. The first kappa shape index (κ1) is 14.8. The molecule has 1 aromatic heterocycles. The van der Waals surface area contributed by atoms with Crippen LogP contribution in [0.4, 0.5) is 10.5 Å². The zero-order valence-electron chi connectivity index (χ0n) is 11.4. The molecule has 0 aliphatic carbocycles. The van der Waals surface area contributed by atoms with E-state index in [0.29, 0.717) is 10.7 Å². The molecule has 0 aliphatic heterocycles. The molecule has 0 saturated carbocycles. The Hall–Kier alpha value is -1.59. The van der Waals surface area contributed by atoms with Crippen LogP contribution in [0.25, 0.3) is 0 Å². The SMILES string of the molecule is Cc1nsc(C)c1NC(=O)OC(C)c1ccccc1Cl. The lowest BCUT2D eigenvalue weighted by atomic mass is 10.1. The number of carbonyl (C=O) groups excluding carboxylic acids is 1. The van der Waals surface area contributed by atoms with E-state index in [4.69, 9.17) is 16.3 Å². The number of aryl methyl sites for hydroxylation is 2. The van der Waals surface area contributed by atoms with Crippen LogP contribution in [0, 0.1) is 13.8 Å². The average molecular weight is 311 g/mol. The van der Waals surface area contributed by atoms with Crippen molar-refractivity contribution in [3.05, 3.63) is 45.4 Å². The number of hydrogen-bond donors (Lipinski definition) is 1. The largest absolute Gasteiger partial charge is 0.441 e. The molecule has 0 saturated heterocycles. The lowest BCUT2D eigenvalue weighted by Gasteiger charge is -2.15. The molecule has 2 rings (SSSR count). The highest BCUT2D eigenvalue weighted by Crippen LogP contribution is 2.27. The zero-order valence-corrected chi connectivity index (χ0v) is 13.0. The van der Waals surface area contributed by atoms with Crippen molar-refractivity contribution < 1.29 is 9.53 Å². The van der Waals surface area contributed by atoms with E-state index in [9.17, 15) is 4.79 Å². The summed E-state index contributed by atoms with van der Waals surface area (Å²) in [6.45, 7) is 5.53. The van der Waals surface area contributed by atoms with Crippen molar-refractivity contribution in [3.8, 4) is 0 Å². The number of halogens is 1. The molecule has 1 N–H and O–H groups in total. The molecule has 1 amide bonds. The molecule has 20 heavy (non-hydrogen) atoms. The van der Waals surface area contributed by atoms with Gasteiger partial charge in [-0.2, -0.15) is 4.37 Å². The summed E-state index contributed by atoms with van der Waals surface area (Å²) in [6.07, 6.45) is -0.931. The van der Waals surface area contributed by atoms with E-state index < -0.39 is 12.2 Å². The summed E-state index contributed by atoms with van der Waals surface area (Å²) >= 11 is 7.43. The van der Waals surface area contributed by atoms with Gasteiger partial charge in [-0.3, -0.25) is 5.32 Å². The van der Waals surface area contributed by atoms with Crippen LogP contribution in [0.1, 0.15) is 29.2 Å². The Bertz CT molecular complexity index is 608. The van der Waals surface area contributed by atoms with Crippen molar-refractivity contribution in [1.82, 2.24) is 4.37 Å². The standard InChI is InChI=1S/C14H15ClN2O2S/c1-8-13(10(3)20-17-8)16-14(18)19-9(2)11-6-4-5-7-12(11)15/h4-7,9H,1-3H3,(H,16,18). The van der Waals surface area contributed by atoms with E-state index in [2.05, 4.69) is 9.69 Å². The first-order valence-corrected chi connectivity index (χ1v) is 7.29. The van der Waals surface area contributed by atoms with Crippen molar-refractivity contribution in [1.29, 1.82) is 0 Å². The number of rotatable bonds is 3. The Morgan fingerprint density at radius 3 is 2.70 bits per heavy atom. The van der Waals surface area contributed by atoms with E-state index >= 15 is 0 Å². The third-order valence-electron chi connectivity index (χ3n) is 2.89. The van der Waals surface area contributed by atoms with Crippen LogP contribution in [-0.2, 0) is 4.74 Å². The molecular formula is C14H15ClN2O2S. The maximum Gasteiger partial charge on any atom is 0.412 e. The Morgan fingerprint density at radius 2 is 2.10 bits per heavy atom. The molecule has 0 fully saturated rings. The molecule has 0 radical (unpaired) electrons. The van der Waals surface area contributed by atoms with Crippen molar-refractivity contribution in [2.75, 3.05) is 5.32 Å². The van der Waals surface area contributed by atoms with Crippen LogP contribution in [0.2, 0.25) is 5.02 Å². The van der Waals surface area contributed by atoms with Crippen LogP contribution in [0.3, 0.4) is 0 Å². The summed E-state index contributed by atoms with van der Waals surface area (Å²) < 4.78 is 9.51. The molecule has 2 aromatic rings. The second-order valence-electron chi connectivity index (χ2n) is 4.39. The number of anilines is 1. The Balaban J connectivity index is 2.04. The van der Waals surface area contributed by atoms with E-state index in [0.717, 1.165) is 16.1 Å². The van der Waals surface area contributed by atoms with Gasteiger partial charge >= 0.3 is 6.09 Å². The Labute approximate surface area is 126 Å². The van der Waals surface area contributed by atoms with Gasteiger partial charge in [-0.1, -0.05) is 29.8 Å². The van der Waals surface area contributed by atoms with Crippen LogP contribution >= 0.6 is 23.1 Å². The fourth-order valence-corrected chi connectivity index (χ4v) is 2.77. The minimum atomic E-state index is -0.510. The van der Waals surface area contributed by atoms with Gasteiger partial charge < -0.3 is 4.74 Å². The van der Waals surface area contributed by atoms with Crippen LogP contribution < -0.4 is 5.32 Å².